The summed E-state index contributed by atoms with van der Waals surface area (Å²) < 4.78 is 0.951. The minimum Gasteiger partial charge on any atom is -0.293 e. The molecule has 2 aromatic carbocycles. The lowest BCUT2D eigenvalue weighted by Crippen LogP contribution is -2.03. The van der Waals surface area contributed by atoms with E-state index in [1.54, 1.807) is 53.6 Å². The summed E-state index contributed by atoms with van der Waals surface area (Å²) in [5.74, 6) is 0.207. The summed E-state index contributed by atoms with van der Waals surface area (Å²) in [5.41, 5.74) is 3.86. The number of aromatic nitrogens is 2. The van der Waals surface area contributed by atoms with Crippen LogP contribution in [0.1, 0.15) is 15.9 Å². The molecule has 4 aromatic rings. The number of Topliss-reactive ketones (excluding diaryl/α,β-unsaturated/α-hetero) is 1. The van der Waals surface area contributed by atoms with Crippen LogP contribution >= 0.6 is 46.5 Å². The van der Waals surface area contributed by atoms with Crippen molar-refractivity contribution in [2.24, 2.45) is 0 Å². The molecule has 158 valence electrons. The summed E-state index contributed by atoms with van der Waals surface area (Å²) in [6.07, 6.45) is 3.66. The average Bonchev–Trinajstić information content (AvgIpc) is 3.22. The highest BCUT2D eigenvalue weighted by Gasteiger charge is 2.21. The highest BCUT2D eigenvalue weighted by molar-refractivity contribution is 8.00. The van der Waals surface area contributed by atoms with Crippen molar-refractivity contribution in [3.63, 3.8) is 0 Å². The minimum absolute atomic E-state index is 0.0156. The van der Waals surface area contributed by atoms with Gasteiger partial charge in [0, 0.05) is 22.3 Å². The van der Waals surface area contributed by atoms with Gasteiger partial charge in [-0.05, 0) is 42.2 Å². The molecule has 0 bridgehead atoms. The zero-order valence-corrected chi connectivity index (χ0v) is 20.1. The predicted octanol–water partition coefficient (Wildman–Crippen LogP) is 7.09. The molecule has 0 spiro atoms. The zero-order valence-electron chi connectivity index (χ0n) is 16.9. The monoisotopic (exact) mass is 493 g/mol. The maximum atomic E-state index is 12.5. The van der Waals surface area contributed by atoms with Crippen LogP contribution < -0.4 is 0 Å². The van der Waals surface area contributed by atoms with Crippen molar-refractivity contribution in [1.29, 1.82) is 5.26 Å². The Hall–Kier alpha value is -2.63. The molecule has 0 saturated heterocycles. The number of ketones is 1. The zero-order chi connectivity index (χ0) is 22.5. The molecule has 8 heteroatoms. The Morgan fingerprint density at radius 1 is 1.12 bits per heavy atom. The largest absolute Gasteiger partial charge is 0.293 e. The summed E-state index contributed by atoms with van der Waals surface area (Å²) in [4.78, 5) is 22.4. The van der Waals surface area contributed by atoms with Crippen molar-refractivity contribution in [3.8, 4) is 27.8 Å². The Kier molecular flexibility index (Phi) is 7.28. The fraction of sp³-hybridized carbons (Fsp3) is 0.0833. The van der Waals surface area contributed by atoms with Crippen molar-refractivity contribution in [2.75, 3.05) is 12.0 Å². The molecule has 32 heavy (non-hydrogen) atoms. The lowest BCUT2D eigenvalue weighted by molar-refractivity contribution is 0.102. The van der Waals surface area contributed by atoms with Gasteiger partial charge in [0.1, 0.15) is 6.07 Å². The Bertz CT molecular complexity index is 1300. The molecule has 0 unspecified atom stereocenters. The first-order valence-corrected chi connectivity index (χ1v) is 12.9. The van der Waals surface area contributed by atoms with Crippen LogP contribution in [0.3, 0.4) is 0 Å². The van der Waals surface area contributed by atoms with E-state index in [-0.39, 0.29) is 11.5 Å². The van der Waals surface area contributed by atoms with E-state index >= 15 is 0 Å². The van der Waals surface area contributed by atoms with E-state index in [9.17, 15) is 10.1 Å². The molecule has 0 radical (unpaired) electrons. The van der Waals surface area contributed by atoms with Gasteiger partial charge in [-0.25, -0.2) is 9.97 Å². The van der Waals surface area contributed by atoms with Gasteiger partial charge >= 0.3 is 0 Å². The van der Waals surface area contributed by atoms with Crippen molar-refractivity contribution in [1.82, 2.24) is 9.97 Å². The quantitative estimate of drug-likeness (QED) is 0.155. The van der Waals surface area contributed by atoms with Crippen LogP contribution in [0.15, 0.2) is 76.2 Å². The molecule has 0 aliphatic heterocycles. The van der Waals surface area contributed by atoms with E-state index in [1.807, 2.05) is 42.7 Å². The number of thioether (sulfide) groups is 2. The molecule has 2 aromatic heterocycles. The third kappa shape index (κ3) is 4.89. The van der Waals surface area contributed by atoms with Crippen LogP contribution in [0, 0.1) is 11.3 Å². The van der Waals surface area contributed by atoms with Crippen molar-refractivity contribution >= 4 is 52.2 Å². The van der Waals surface area contributed by atoms with Crippen LogP contribution in [-0.4, -0.2) is 27.8 Å². The molecule has 4 rings (SSSR count). The number of nitrogens with zero attached hydrogens (tertiary/aromatic N) is 3. The smallest absolute Gasteiger partial charge is 0.188 e. The summed E-state index contributed by atoms with van der Waals surface area (Å²) in [6, 6.07) is 20.9. The van der Waals surface area contributed by atoms with Gasteiger partial charge in [0.2, 0.25) is 0 Å². The second-order valence-electron chi connectivity index (χ2n) is 6.59. The van der Waals surface area contributed by atoms with Crippen LogP contribution in [0.25, 0.3) is 21.7 Å². The standard InChI is InChI=1S/C24H16ClN3OS3/c1-30-23-18(13-26)21(16-5-3-2-4-6-16)22(32-23)19-11-12-27-24(28-19)31-14-20(29)15-7-9-17(25)10-8-15/h2-12H,14H2,1H3. The summed E-state index contributed by atoms with van der Waals surface area (Å²) in [7, 11) is 0. The predicted molar refractivity (Wildman–Crippen MR) is 134 cm³/mol. The van der Waals surface area contributed by atoms with E-state index in [0.717, 1.165) is 25.9 Å². The van der Waals surface area contributed by atoms with Crippen molar-refractivity contribution in [3.05, 3.63) is 83.0 Å². The Balaban J connectivity index is 1.65. The van der Waals surface area contributed by atoms with E-state index in [0.29, 0.717) is 21.3 Å². The Morgan fingerprint density at radius 2 is 1.88 bits per heavy atom. The summed E-state index contributed by atoms with van der Waals surface area (Å²) in [6.45, 7) is 0. The first-order valence-electron chi connectivity index (χ1n) is 9.52. The summed E-state index contributed by atoms with van der Waals surface area (Å²) >= 11 is 10.3. The minimum atomic E-state index is -0.0156. The lowest BCUT2D eigenvalue weighted by atomic mass is 10.0. The van der Waals surface area contributed by atoms with Gasteiger partial charge in [-0.3, -0.25) is 4.79 Å². The number of thiophene rings is 1. The van der Waals surface area contributed by atoms with Gasteiger partial charge in [-0.15, -0.1) is 23.1 Å². The van der Waals surface area contributed by atoms with Gasteiger partial charge in [0.25, 0.3) is 0 Å². The first kappa shape index (κ1) is 22.6. The molecule has 4 nitrogen and oxygen atoms in total. The number of hydrogen-bond acceptors (Lipinski definition) is 7. The molecule has 0 saturated carbocycles. The maximum absolute atomic E-state index is 12.5. The molecule has 0 N–H and O–H groups in total. The van der Waals surface area contributed by atoms with Crippen LogP contribution in [0.2, 0.25) is 5.02 Å². The third-order valence-electron chi connectivity index (χ3n) is 4.60. The Labute approximate surface area is 203 Å². The van der Waals surface area contributed by atoms with Crippen LogP contribution in [0.5, 0.6) is 0 Å². The van der Waals surface area contributed by atoms with Crippen molar-refractivity contribution < 1.29 is 4.79 Å². The van der Waals surface area contributed by atoms with E-state index in [1.165, 1.54) is 11.8 Å². The molecular formula is C24H16ClN3OS3. The van der Waals surface area contributed by atoms with E-state index < -0.39 is 0 Å². The number of nitriles is 1. The number of rotatable bonds is 7. The van der Waals surface area contributed by atoms with E-state index in [2.05, 4.69) is 11.1 Å². The normalized spacial score (nSPS) is 10.7. The SMILES string of the molecule is CSc1sc(-c2ccnc(SCC(=O)c3ccc(Cl)cc3)n2)c(-c2ccccc2)c1C#N. The number of benzene rings is 2. The number of carbonyl (C=O) groups excluding carboxylic acids is 1. The van der Waals surface area contributed by atoms with Gasteiger partial charge < -0.3 is 0 Å². The molecular weight excluding hydrogens is 478 g/mol. The first-order chi connectivity index (χ1) is 15.6. The van der Waals surface area contributed by atoms with Crippen LogP contribution in [0.4, 0.5) is 0 Å². The number of carbonyl (C=O) groups is 1. The second kappa shape index (κ2) is 10.3. The number of hydrogen-bond donors (Lipinski definition) is 0. The molecule has 0 aliphatic rings. The third-order valence-corrected chi connectivity index (χ3v) is 8.05. The highest BCUT2D eigenvalue weighted by Crippen LogP contribution is 2.45. The summed E-state index contributed by atoms with van der Waals surface area (Å²) in [5, 5.41) is 10.9. The maximum Gasteiger partial charge on any atom is 0.188 e. The van der Waals surface area contributed by atoms with Crippen LogP contribution in [-0.2, 0) is 0 Å². The average molecular weight is 494 g/mol. The highest BCUT2D eigenvalue weighted by atomic mass is 35.5. The Morgan fingerprint density at radius 3 is 2.56 bits per heavy atom. The molecule has 2 heterocycles. The van der Waals surface area contributed by atoms with E-state index in [4.69, 9.17) is 16.6 Å². The topological polar surface area (TPSA) is 66.6 Å². The van der Waals surface area contributed by atoms with Crippen molar-refractivity contribution in [2.45, 2.75) is 9.37 Å². The van der Waals surface area contributed by atoms with Gasteiger partial charge in [0.05, 0.1) is 26.1 Å². The molecule has 0 amide bonds. The lowest BCUT2D eigenvalue weighted by Gasteiger charge is -2.06. The van der Waals surface area contributed by atoms with Gasteiger partial charge in [0.15, 0.2) is 10.9 Å². The molecule has 0 fully saturated rings. The second-order valence-corrected chi connectivity index (χ2v) is 10.1. The fourth-order valence-electron chi connectivity index (χ4n) is 3.10. The van der Waals surface area contributed by atoms with Gasteiger partial charge in [-0.2, -0.15) is 5.26 Å². The fourth-order valence-corrected chi connectivity index (χ4v) is 5.86. The molecule has 0 atom stereocenters. The number of halogens is 1. The van der Waals surface area contributed by atoms with Gasteiger partial charge in [-0.1, -0.05) is 53.7 Å². The molecule has 0 aliphatic carbocycles.